The predicted molar refractivity (Wildman–Crippen MR) is 142 cm³/mol. The first kappa shape index (κ1) is 31.6. The maximum Gasteiger partial charge on any atom is 0.387 e. The van der Waals surface area contributed by atoms with Crippen molar-refractivity contribution in [2.45, 2.75) is 63.3 Å². The third kappa shape index (κ3) is 6.48. The molecule has 4 heterocycles. The minimum Gasteiger partial charge on any atom is -0.435 e. The smallest absolute Gasteiger partial charge is 0.387 e. The Morgan fingerprint density at radius 1 is 1.00 bits per heavy atom. The number of nitrogens with zero attached hydrogens (tertiary/aromatic N) is 5. The molecule has 2 aliphatic rings. The fraction of sp³-hybridized carbons (Fsp3) is 0.476. The minimum atomic E-state index is -2.87. The number of hydrogen-bond acceptors (Lipinski definition) is 5. The Morgan fingerprint density at radius 3 is 2.46 bits per heavy atom. The molecule has 0 amide bonds. The van der Waals surface area contributed by atoms with E-state index in [4.69, 9.17) is 0 Å². The average Bonchev–Trinajstić information content (AvgIpc) is 3.29. The van der Waals surface area contributed by atoms with Gasteiger partial charge in [-0.2, -0.15) is 59.4 Å². The number of ether oxygens (including phenoxy) is 1. The Hall–Kier alpha value is -1.41. The lowest BCUT2D eigenvalue weighted by Crippen LogP contribution is -2.43. The van der Waals surface area contributed by atoms with Crippen molar-refractivity contribution in [3.63, 3.8) is 0 Å². The summed E-state index contributed by atoms with van der Waals surface area (Å²) in [5.74, 6) is 0.314. The molecule has 0 N–H and O–H groups in total. The minimum absolute atomic E-state index is 0. The summed E-state index contributed by atoms with van der Waals surface area (Å²) in [6.07, 6.45) is 2.38. The van der Waals surface area contributed by atoms with E-state index in [1.165, 1.54) is 18.5 Å². The van der Waals surface area contributed by atoms with Crippen LogP contribution in [0.1, 0.15) is 55.0 Å². The lowest BCUT2D eigenvalue weighted by atomic mass is 9.86. The van der Waals surface area contributed by atoms with Crippen LogP contribution >= 0.6 is 52.9 Å². The van der Waals surface area contributed by atoms with E-state index in [0.29, 0.717) is 18.3 Å². The molecule has 35 heavy (non-hydrogen) atoms. The van der Waals surface area contributed by atoms with Crippen LogP contribution in [-0.4, -0.2) is 43.2 Å². The largest absolute Gasteiger partial charge is 0.435 e. The highest BCUT2D eigenvalue weighted by Crippen LogP contribution is 2.45. The first-order valence-electron chi connectivity index (χ1n) is 10.3. The van der Waals surface area contributed by atoms with Gasteiger partial charge in [0.2, 0.25) is 0 Å². The second-order valence-electron chi connectivity index (χ2n) is 8.06. The second kappa shape index (κ2) is 13.2. The number of aromatic nitrogens is 4. The highest BCUT2D eigenvalue weighted by molar-refractivity contribution is 7.59. The molecule has 0 spiro atoms. The van der Waals surface area contributed by atoms with Crippen molar-refractivity contribution < 1.29 is 22.3 Å². The fourth-order valence-corrected chi connectivity index (χ4v) is 5.12. The normalized spacial score (nSPS) is 21.1. The monoisotopic (exact) mass is 573 g/mol. The molecule has 5 rings (SSSR count). The highest BCUT2D eigenvalue weighted by Gasteiger charge is 2.43. The van der Waals surface area contributed by atoms with E-state index in [1.807, 2.05) is 6.07 Å². The van der Waals surface area contributed by atoms with Gasteiger partial charge < -0.3 is 4.74 Å². The van der Waals surface area contributed by atoms with Crippen molar-refractivity contribution in [2.75, 3.05) is 0 Å². The second-order valence-corrected chi connectivity index (χ2v) is 8.06. The van der Waals surface area contributed by atoms with Crippen molar-refractivity contribution in [3.05, 3.63) is 53.6 Å². The summed E-state index contributed by atoms with van der Waals surface area (Å²) in [5, 5.41) is 4.22. The maximum atomic E-state index is 13.4. The van der Waals surface area contributed by atoms with E-state index >= 15 is 0 Å². The van der Waals surface area contributed by atoms with Crippen LogP contribution in [-0.2, 0) is 6.54 Å². The number of piperidine rings is 1. The van der Waals surface area contributed by atoms with Gasteiger partial charge in [-0.3, -0.25) is 4.90 Å². The summed E-state index contributed by atoms with van der Waals surface area (Å²) >= 11 is 0. The molecule has 0 aliphatic carbocycles. The summed E-state index contributed by atoms with van der Waals surface area (Å²) in [4.78, 5) is 10.3. The maximum absolute atomic E-state index is 13.4. The predicted octanol–water partition coefficient (Wildman–Crippen LogP) is 5.33. The highest BCUT2D eigenvalue weighted by atomic mass is 35.5. The molecule has 6 nitrogen and oxygen atoms in total. The molecule has 2 aromatic heterocycles. The Morgan fingerprint density at radius 2 is 1.74 bits per heavy atom. The Bertz CT molecular complexity index is 1100. The first-order valence-corrected chi connectivity index (χ1v) is 10.3. The molecular weight excluding hydrogens is 546 g/mol. The van der Waals surface area contributed by atoms with Gasteiger partial charge in [-0.1, -0.05) is 12.1 Å². The lowest BCUT2D eigenvalue weighted by Gasteiger charge is -2.40. The number of hydrogen-bond donors (Lipinski definition) is 0. The standard InChI is InChI=1S/C21H21F4N5O.ClH.3H2S/c22-19(23)16-9-18(30-21(28-16)26-11-27-30)15-6-4-13-5-7-17(15)29(13)10-12-2-1-3-14(8-12)31-20(24)25;;;;/h1-3,8-9,11,13,15,17,19-20H,4-7,10H2;1H;3*1H2/t13-,15-,17-;;;;/m0..../s1. The molecule has 14 heteroatoms. The molecule has 2 bridgehead atoms. The zero-order valence-electron chi connectivity index (χ0n) is 18.5. The van der Waals surface area contributed by atoms with Crippen molar-refractivity contribution in [3.8, 4) is 5.75 Å². The van der Waals surface area contributed by atoms with Gasteiger partial charge in [-0.05, 0) is 49.4 Å². The Kier molecular flexibility index (Phi) is 11.9. The summed E-state index contributed by atoms with van der Waals surface area (Å²) in [5.41, 5.74) is 1.28. The molecule has 196 valence electrons. The summed E-state index contributed by atoms with van der Waals surface area (Å²) in [6, 6.07) is 8.69. The number of benzene rings is 1. The van der Waals surface area contributed by atoms with Crippen LogP contribution in [0.2, 0.25) is 0 Å². The van der Waals surface area contributed by atoms with Crippen LogP contribution in [0.5, 0.6) is 5.75 Å². The van der Waals surface area contributed by atoms with E-state index < -0.39 is 13.0 Å². The van der Waals surface area contributed by atoms with Gasteiger partial charge in [0, 0.05) is 24.5 Å². The van der Waals surface area contributed by atoms with E-state index in [9.17, 15) is 17.6 Å². The molecule has 3 aromatic rings. The van der Waals surface area contributed by atoms with Crippen LogP contribution in [0, 0.1) is 0 Å². The molecule has 2 fully saturated rings. The Labute approximate surface area is 227 Å². The van der Waals surface area contributed by atoms with Crippen LogP contribution in [0.15, 0.2) is 36.7 Å². The van der Waals surface area contributed by atoms with Crippen molar-refractivity contribution in [1.82, 2.24) is 24.5 Å². The summed E-state index contributed by atoms with van der Waals surface area (Å²) in [6.45, 7) is -2.29. The Balaban J connectivity index is 0.00000153. The number of rotatable bonds is 6. The SMILES string of the molecule is Cl.FC(F)Oc1cccc(CN2[C@H]3CC[C@H](c4cc(C(F)F)nc5ncnn45)[C@@H]2CC3)c1.S.S.S. The topological polar surface area (TPSA) is 55.5 Å². The van der Waals surface area contributed by atoms with Crippen molar-refractivity contribution in [1.29, 1.82) is 0 Å². The number of halogens is 5. The number of alkyl halides is 4. The zero-order valence-corrected chi connectivity index (χ0v) is 22.3. The molecule has 0 radical (unpaired) electrons. The quantitative estimate of drug-likeness (QED) is 0.373. The lowest BCUT2D eigenvalue weighted by molar-refractivity contribution is -0.0499. The third-order valence-electron chi connectivity index (χ3n) is 6.36. The molecule has 0 saturated carbocycles. The van der Waals surface area contributed by atoms with E-state index in [0.717, 1.165) is 31.2 Å². The van der Waals surface area contributed by atoms with Crippen LogP contribution in [0.4, 0.5) is 17.6 Å². The van der Waals surface area contributed by atoms with Gasteiger partial charge >= 0.3 is 6.61 Å². The van der Waals surface area contributed by atoms with E-state index in [2.05, 4.69) is 24.7 Å². The average molecular weight is 574 g/mol. The molecule has 3 atom stereocenters. The van der Waals surface area contributed by atoms with Gasteiger partial charge in [0.25, 0.3) is 12.2 Å². The molecule has 1 aromatic carbocycles. The first-order chi connectivity index (χ1) is 15.0. The molecule has 2 saturated heterocycles. The van der Waals surface area contributed by atoms with E-state index in [1.54, 1.807) is 16.6 Å². The van der Waals surface area contributed by atoms with Crippen LogP contribution < -0.4 is 4.74 Å². The van der Waals surface area contributed by atoms with Crippen LogP contribution in [0.3, 0.4) is 0 Å². The number of fused-ring (bicyclic) bond motifs is 3. The zero-order chi connectivity index (χ0) is 21.5. The van der Waals surface area contributed by atoms with Gasteiger partial charge in [-0.25, -0.2) is 18.3 Å². The van der Waals surface area contributed by atoms with Gasteiger partial charge in [0.1, 0.15) is 17.8 Å². The molecular formula is C21H28ClF4N5OS3. The van der Waals surface area contributed by atoms with Gasteiger partial charge in [0.05, 0.1) is 5.69 Å². The third-order valence-corrected chi connectivity index (χ3v) is 6.36. The molecule has 2 aliphatic heterocycles. The summed E-state index contributed by atoms with van der Waals surface area (Å²) < 4.78 is 58.1. The molecule has 0 unspecified atom stereocenters. The van der Waals surface area contributed by atoms with Gasteiger partial charge in [0.15, 0.2) is 0 Å². The fourth-order valence-electron chi connectivity index (χ4n) is 5.12. The van der Waals surface area contributed by atoms with Gasteiger partial charge in [-0.15, -0.1) is 12.4 Å². The van der Waals surface area contributed by atoms with Crippen LogP contribution in [0.25, 0.3) is 5.78 Å². The van der Waals surface area contributed by atoms with E-state index in [-0.39, 0.29) is 82.1 Å². The summed E-state index contributed by atoms with van der Waals surface area (Å²) in [7, 11) is 0. The van der Waals surface area contributed by atoms with Crippen molar-refractivity contribution >= 4 is 58.7 Å². The van der Waals surface area contributed by atoms with Crippen molar-refractivity contribution in [2.24, 2.45) is 0 Å².